The molecule has 8 nitrogen and oxygen atoms in total. The minimum absolute atomic E-state index is 0.00517. The maximum atomic E-state index is 14.6. The summed E-state index contributed by atoms with van der Waals surface area (Å²) in [6.45, 7) is 0.673. The highest BCUT2D eigenvalue weighted by Gasteiger charge is 2.47. The number of aromatic nitrogens is 2. The number of nitrogens with zero attached hydrogens (tertiary/aromatic N) is 3. The maximum Gasteiger partial charge on any atom is 0.381 e. The van der Waals surface area contributed by atoms with Crippen LogP contribution < -0.4 is 14.8 Å². The Balaban J connectivity index is 1.56. The normalized spacial score (nSPS) is 14.5. The highest BCUT2D eigenvalue weighted by molar-refractivity contribution is 6.42. The van der Waals surface area contributed by atoms with Crippen LogP contribution in [0.15, 0.2) is 30.6 Å². The number of hydrogen-bond acceptors (Lipinski definition) is 7. The summed E-state index contributed by atoms with van der Waals surface area (Å²) in [5.74, 6) is -6.86. The summed E-state index contributed by atoms with van der Waals surface area (Å²) < 4.78 is 53.8. The van der Waals surface area contributed by atoms with Crippen molar-refractivity contribution in [2.75, 3.05) is 25.5 Å². The zero-order valence-electron chi connectivity index (χ0n) is 19.7. The molecular formula is C24H21Cl2F3N4O4. The highest BCUT2D eigenvalue weighted by Crippen LogP contribution is 2.37. The number of amides is 1. The van der Waals surface area contributed by atoms with Crippen molar-refractivity contribution in [1.82, 2.24) is 14.9 Å². The number of anilines is 2. The van der Waals surface area contributed by atoms with Crippen molar-refractivity contribution >= 4 is 57.3 Å². The Morgan fingerprint density at radius 1 is 1.14 bits per heavy atom. The minimum atomic E-state index is -4.05. The number of methoxy groups -OCH3 is 1. The second kappa shape index (κ2) is 10.6. The third-order valence-electron chi connectivity index (χ3n) is 5.94. The van der Waals surface area contributed by atoms with E-state index in [1.807, 2.05) is 0 Å². The largest absolute Gasteiger partial charge is 0.493 e. The number of fused-ring (bicyclic) bond motifs is 1. The van der Waals surface area contributed by atoms with Gasteiger partial charge in [0.15, 0.2) is 17.3 Å². The molecule has 0 bridgehead atoms. The van der Waals surface area contributed by atoms with Gasteiger partial charge in [0.1, 0.15) is 18.2 Å². The standard InChI is InChI=1S/C24H21Cl2F3N4O4/c1-12(34)24(28,29)23(35)33-7-5-13(6-8-33)37-19-9-14-17(10-18(19)36-2)30-11-31-22(14)32-16-4-3-15(25)20(26)21(16)27/h3-4,9-11,13H,5-8H2,1-2H3,(H,30,31,32). The van der Waals surface area contributed by atoms with Crippen LogP contribution in [0.25, 0.3) is 10.9 Å². The molecule has 1 N–H and O–H groups in total. The van der Waals surface area contributed by atoms with Crippen LogP contribution in [0.1, 0.15) is 19.8 Å². The molecule has 1 saturated heterocycles. The zero-order valence-corrected chi connectivity index (χ0v) is 21.2. The van der Waals surface area contributed by atoms with Crippen molar-refractivity contribution in [2.24, 2.45) is 0 Å². The van der Waals surface area contributed by atoms with Gasteiger partial charge in [-0.2, -0.15) is 8.78 Å². The predicted octanol–water partition coefficient (Wildman–Crippen LogP) is 5.42. The lowest BCUT2D eigenvalue weighted by molar-refractivity contribution is -0.166. The number of likely N-dealkylation sites (tertiary alicyclic amines) is 1. The molecule has 1 aliphatic heterocycles. The van der Waals surface area contributed by atoms with Gasteiger partial charge in [-0.15, -0.1) is 0 Å². The third-order valence-corrected chi connectivity index (χ3v) is 6.72. The van der Waals surface area contributed by atoms with Gasteiger partial charge in [0.2, 0.25) is 5.78 Å². The first-order valence-corrected chi connectivity index (χ1v) is 11.9. The second-order valence-corrected chi connectivity index (χ2v) is 9.12. The van der Waals surface area contributed by atoms with Crippen LogP contribution in [0.3, 0.4) is 0 Å². The predicted molar refractivity (Wildman–Crippen MR) is 132 cm³/mol. The number of ether oxygens (including phenoxy) is 2. The number of nitrogens with one attached hydrogen (secondary N) is 1. The molecule has 2 aromatic carbocycles. The molecule has 1 aliphatic rings. The van der Waals surface area contributed by atoms with Gasteiger partial charge in [-0.05, 0) is 18.2 Å². The maximum absolute atomic E-state index is 14.6. The van der Waals surface area contributed by atoms with E-state index in [9.17, 15) is 22.8 Å². The summed E-state index contributed by atoms with van der Waals surface area (Å²) >= 11 is 11.8. The minimum Gasteiger partial charge on any atom is -0.493 e. The first-order valence-electron chi connectivity index (χ1n) is 11.1. The van der Waals surface area contributed by atoms with Gasteiger partial charge >= 0.3 is 11.8 Å². The van der Waals surface area contributed by atoms with E-state index in [0.29, 0.717) is 29.3 Å². The van der Waals surface area contributed by atoms with Crippen molar-refractivity contribution in [3.05, 3.63) is 46.5 Å². The molecule has 4 rings (SSSR count). The Hall–Kier alpha value is -3.31. The number of halogens is 5. The summed E-state index contributed by atoms with van der Waals surface area (Å²) in [5.41, 5.74) is 0.529. The quantitative estimate of drug-likeness (QED) is 0.306. The summed E-state index contributed by atoms with van der Waals surface area (Å²) in [4.78, 5) is 32.6. The van der Waals surface area contributed by atoms with E-state index >= 15 is 0 Å². The van der Waals surface area contributed by atoms with Crippen LogP contribution in [0.5, 0.6) is 11.5 Å². The van der Waals surface area contributed by atoms with Crippen molar-refractivity contribution in [3.63, 3.8) is 0 Å². The zero-order chi connectivity index (χ0) is 26.9. The fourth-order valence-corrected chi connectivity index (χ4v) is 4.18. The lowest BCUT2D eigenvalue weighted by Crippen LogP contribution is -2.51. The van der Waals surface area contributed by atoms with Gasteiger partial charge in [-0.1, -0.05) is 23.2 Å². The lowest BCUT2D eigenvalue weighted by Gasteiger charge is -2.33. The number of rotatable bonds is 7. The molecule has 2 heterocycles. The number of benzene rings is 2. The molecule has 0 atom stereocenters. The monoisotopic (exact) mass is 556 g/mol. The van der Waals surface area contributed by atoms with Gasteiger partial charge in [0.25, 0.3) is 0 Å². The summed E-state index contributed by atoms with van der Waals surface area (Å²) in [5, 5.41) is 3.20. The fourth-order valence-electron chi connectivity index (χ4n) is 3.87. The van der Waals surface area contributed by atoms with E-state index in [2.05, 4.69) is 15.3 Å². The summed E-state index contributed by atoms with van der Waals surface area (Å²) in [6.07, 6.45) is 1.39. The van der Waals surface area contributed by atoms with E-state index in [1.54, 1.807) is 12.1 Å². The summed E-state index contributed by atoms with van der Waals surface area (Å²) in [7, 11) is 1.45. The Morgan fingerprint density at radius 3 is 2.49 bits per heavy atom. The van der Waals surface area contributed by atoms with Crippen LogP contribution in [-0.2, 0) is 9.59 Å². The number of ketones is 1. The molecular weight excluding hydrogens is 536 g/mol. The molecule has 3 aromatic rings. The molecule has 1 aromatic heterocycles. The van der Waals surface area contributed by atoms with Crippen molar-refractivity contribution in [1.29, 1.82) is 0 Å². The van der Waals surface area contributed by atoms with Crippen LogP contribution in [0, 0.1) is 5.82 Å². The first kappa shape index (κ1) is 26.7. The smallest absolute Gasteiger partial charge is 0.381 e. The van der Waals surface area contributed by atoms with Crippen molar-refractivity contribution < 1.29 is 32.2 Å². The van der Waals surface area contributed by atoms with Crippen LogP contribution >= 0.6 is 23.2 Å². The molecule has 0 spiro atoms. The molecule has 1 amide bonds. The highest BCUT2D eigenvalue weighted by atomic mass is 35.5. The molecule has 0 unspecified atom stereocenters. The van der Waals surface area contributed by atoms with E-state index in [-0.39, 0.29) is 47.5 Å². The molecule has 13 heteroatoms. The first-order chi connectivity index (χ1) is 17.5. The third kappa shape index (κ3) is 5.37. The second-order valence-electron chi connectivity index (χ2n) is 8.33. The average molecular weight is 557 g/mol. The SMILES string of the molecule is COc1cc2ncnc(Nc3ccc(Cl)c(Cl)c3F)c2cc1OC1CCN(C(=O)C(F)(F)C(C)=O)CC1. The molecule has 0 aliphatic carbocycles. The number of carbonyl (C=O) groups is 2. The van der Waals surface area contributed by atoms with Gasteiger partial charge < -0.3 is 19.7 Å². The topological polar surface area (TPSA) is 93.7 Å². The Bertz CT molecular complexity index is 1370. The number of Topliss-reactive ketones (excluding diaryl/α,β-unsaturated/α-hetero) is 1. The number of piperidine rings is 1. The van der Waals surface area contributed by atoms with Gasteiger partial charge in [0, 0.05) is 44.3 Å². The fraction of sp³-hybridized carbons (Fsp3) is 0.333. The molecule has 37 heavy (non-hydrogen) atoms. The Morgan fingerprint density at radius 2 is 1.84 bits per heavy atom. The van der Waals surface area contributed by atoms with Crippen molar-refractivity contribution in [3.8, 4) is 11.5 Å². The lowest BCUT2D eigenvalue weighted by atomic mass is 10.1. The number of alkyl halides is 2. The molecule has 0 radical (unpaired) electrons. The van der Waals surface area contributed by atoms with Crippen LogP contribution in [0.4, 0.5) is 24.7 Å². The van der Waals surface area contributed by atoms with Crippen LogP contribution in [-0.4, -0.2) is 58.8 Å². The molecule has 196 valence electrons. The van der Waals surface area contributed by atoms with Gasteiger partial charge in [0.05, 0.1) is 28.4 Å². The van der Waals surface area contributed by atoms with E-state index in [0.717, 1.165) is 4.90 Å². The van der Waals surface area contributed by atoms with E-state index < -0.39 is 29.5 Å². The van der Waals surface area contributed by atoms with E-state index in [4.69, 9.17) is 32.7 Å². The Labute approximate surface area is 219 Å². The number of carbonyl (C=O) groups excluding carboxylic acids is 2. The number of hydrogen-bond donors (Lipinski definition) is 1. The van der Waals surface area contributed by atoms with Crippen LogP contribution in [0.2, 0.25) is 10.0 Å². The van der Waals surface area contributed by atoms with Gasteiger partial charge in [-0.25, -0.2) is 14.4 Å². The summed E-state index contributed by atoms with van der Waals surface area (Å²) in [6, 6.07) is 6.10. The molecule has 0 saturated carbocycles. The van der Waals surface area contributed by atoms with E-state index in [1.165, 1.54) is 25.6 Å². The van der Waals surface area contributed by atoms with Crippen molar-refractivity contribution in [2.45, 2.75) is 31.8 Å². The average Bonchev–Trinajstić information content (AvgIpc) is 2.88. The van der Waals surface area contributed by atoms with Gasteiger partial charge in [-0.3, -0.25) is 9.59 Å². The molecule has 1 fully saturated rings. The Kier molecular flexibility index (Phi) is 7.65.